The highest BCUT2D eigenvalue weighted by Crippen LogP contribution is 2.32. The zero-order valence-corrected chi connectivity index (χ0v) is 21.5. The Kier molecular flexibility index (Phi) is 6.89. The molecule has 2 aliphatic rings. The summed E-state index contributed by atoms with van der Waals surface area (Å²) in [5, 5.41) is 2.70. The molecule has 0 bridgehead atoms. The Morgan fingerprint density at radius 3 is 2.57 bits per heavy atom. The van der Waals surface area contributed by atoms with Crippen molar-refractivity contribution in [3.05, 3.63) is 82.7 Å². The van der Waals surface area contributed by atoms with Gasteiger partial charge in [0.1, 0.15) is 12.4 Å². The number of aryl methyl sites for hydroxylation is 1. The Bertz CT molecular complexity index is 1450. The minimum absolute atomic E-state index is 0.0979. The second-order valence-corrected chi connectivity index (χ2v) is 11.3. The molecule has 0 saturated carbocycles. The lowest BCUT2D eigenvalue weighted by Crippen LogP contribution is -3.13. The SMILES string of the molecule is Cc1cccc(NC(=O)c2cc(S(=O)(=O)N3CC[NH+](Cc4ccc5c(c4)OCO5)CC3)ccc2F)c1C. The number of piperazine rings is 1. The van der Waals surface area contributed by atoms with Gasteiger partial charge in [-0.3, -0.25) is 4.79 Å². The number of ether oxygens (including phenoxy) is 2. The number of nitrogens with zero attached hydrogens (tertiary/aromatic N) is 1. The van der Waals surface area contributed by atoms with Gasteiger partial charge in [-0.15, -0.1) is 0 Å². The van der Waals surface area contributed by atoms with Crippen molar-refractivity contribution in [3.63, 3.8) is 0 Å². The molecule has 8 nitrogen and oxygen atoms in total. The number of halogens is 1. The van der Waals surface area contributed by atoms with Crippen LogP contribution in [0.15, 0.2) is 59.5 Å². The predicted molar refractivity (Wildman–Crippen MR) is 136 cm³/mol. The quantitative estimate of drug-likeness (QED) is 0.515. The molecule has 3 aromatic rings. The van der Waals surface area contributed by atoms with Crippen LogP contribution in [0.5, 0.6) is 11.5 Å². The van der Waals surface area contributed by atoms with Gasteiger partial charge in [0.25, 0.3) is 5.91 Å². The highest BCUT2D eigenvalue weighted by atomic mass is 32.2. The molecular weight excluding hydrogens is 497 g/mol. The fourth-order valence-corrected chi connectivity index (χ4v) is 6.09. The Balaban J connectivity index is 1.26. The molecule has 3 aromatic carbocycles. The molecule has 2 N–H and O–H groups in total. The first-order chi connectivity index (χ1) is 17.7. The normalized spacial score (nSPS) is 16.1. The van der Waals surface area contributed by atoms with Crippen LogP contribution < -0.4 is 19.7 Å². The summed E-state index contributed by atoms with van der Waals surface area (Å²) in [7, 11) is -3.89. The maximum absolute atomic E-state index is 14.6. The summed E-state index contributed by atoms with van der Waals surface area (Å²) in [6.45, 7) is 6.62. The number of quaternary nitrogens is 1. The number of anilines is 1. The molecule has 0 atom stereocenters. The number of fused-ring (bicyclic) bond motifs is 1. The molecule has 1 amide bonds. The Morgan fingerprint density at radius 2 is 1.78 bits per heavy atom. The van der Waals surface area contributed by atoms with E-state index in [1.165, 1.54) is 15.3 Å². The second kappa shape index (κ2) is 10.1. The minimum atomic E-state index is -3.89. The lowest BCUT2D eigenvalue weighted by Gasteiger charge is -2.31. The highest BCUT2D eigenvalue weighted by Gasteiger charge is 2.31. The molecule has 37 heavy (non-hydrogen) atoms. The maximum Gasteiger partial charge on any atom is 0.258 e. The Labute approximate surface area is 215 Å². The molecule has 0 aliphatic carbocycles. The predicted octanol–water partition coefficient (Wildman–Crippen LogP) is 2.51. The van der Waals surface area contributed by atoms with Crippen molar-refractivity contribution in [1.82, 2.24) is 4.31 Å². The van der Waals surface area contributed by atoms with E-state index < -0.39 is 21.7 Å². The van der Waals surface area contributed by atoms with Crippen LogP contribution in [0.4, 0.5) is 10.1 Å². The summed E-state index contributed by atoms with van der Waals surface area (Å²) in [4.78, 5) is 14.0. The Morgan fingerprint density at radius 1 is 1.03 bits per heavy atom. The molecule has 2 aliphatic heterocycles. The van der Waals surface area contributed by atoms with Gasteiger partial charge in [-0.25, -0.2) is 12.8 Å². The number of amides is 1. The molecule has 0 radical (unpaired) electrons. The molecule has 1 saturated heterocycles. The minimum Gasteiger partial charge on any atom is -0.454 e. The molecule has 0 aromatic heterocycles. The number of benzene rings is 3. The zero-order chi connectivity index (χ0) is 26.2. The summed E-state index contributed by atoms with van der Waals surface area (Å²) >= 11 is 0. The number of carbonyl (C=O) groups excluding carboxylic acids is 1. The van der Waals surface area contributed by atoms with Crippen LogP contribution >= 0.6 is 0 Å². The van der Waals surface area contributed by atoms with E-state index in [2.05, 4.69) is 5.32 Å². The second-order valence-electron chi connectivity index (χ2n) is 9.36. The van der Waals surface area contributed by atoms with Crippen LogP contribution in [0.3, 0.4) is 0 Å². The van der Waals surface area contributed by atoms with Crippen LogP contribution in [0, 0.1) is 19.7 Å². The van der Waals surface area contributed by atoms with E-state index >= 15 is 0 Å². The van der Waals surface area contributed by atoms with Gasteiger partial charge < -0.3 is 19.7 Å². The van der Waals surface area contributed by atoms with E-state index in [0.717, 1.165) is 46.9 Å². The third kappa shape index (κ3) is 5.18. The van der Waals surface area contributed by atoms with E-state index in [1.807, 2.05) is 38.1 Å². The number of nitrogens with one attached hydrogen (secondary N) is 2. The zero-order valence-electron chi connectivity index (χ0n) is 20.7. The molecule has 1 fully saturated rings. The lowest BCUT2D eigenvalue weighted by molar-refractivity contribution is -0.917. The van der Waals surface area contributed by atoms with E-state index in [1.54, 1.807) is 12.1 Å². The fraction of sp³-hybridized carbons (Fsp3) is 0.296. The average Bonchev–Trinajstić information content (AvgIpc) is 3.35. The number of rotatable bonds is 6. The van der Waals surface area contributed by atoms with E-state index in [9.17, 15) is 17.6 Å². The molecular formula is C27H29FN3O5S+. The van der Waals surface area contributed by atoms with Gasteiger partial charge in [0.2, 0.25) is 16.8 Å². The largest absolute Gasteiger partial charge is 0.454 e. The van der Waals surface area contributed by atoms with Gasteiger partial charge in [-0.2, -0.15) is 4.31 Å². The molecule has 194 valence electrons. The summed E-state index contributed by atoms with van der Waals surface area (Å²) in [5.74, 6) is -0.0103. The third-order valence-corrected chi connectivity index (χ3v) is 8.89. The number of carbonyl (C=O) groups is 1. The topological polar surface area (TPSA) is 89.4 Å². The van der Waals surface area contributed by atoms with Crippen LogP contribution in [-0.2, 0) is 16.6 Å². The monoisotopic (exact) mass is 526 g/mol. The van der Waals surface area contributed by atoms with E-state index in [-0.39, 0.29) is 17.3 Å². The van der Waals surface area contributed by atoms with Crippen molar-refractivity contribution >= 4 is 21.6 Å². The first-order valence-electron chi connectivity index (χ1n) is 12.1. The standard InChI is InChI=1S/C27H28FN3O5S/c1-18-4-3-5-24(19(18)2)29-27(32)22-15-21(7-8-23(22)28)37(33,34)31-12-10-30(11-13-31)16-20-6-9-25-26(14-20)36-17-35-25/h3-9,14-15H,10-13,16-17H2,1-2H3,(H,29,32)/p+1. The average molecular weight is 527 g/mol. The lowest BCUT2D eigenvalue weighted by atomic mass is 10.1. The van der Waals surface area contributed by atoms with Crippen molar-refractivity contribution in [3.8, 4) is 11.5 Å². The molecule has 5 rings (SSSR count). The summed E-state index contributed by atoms with van der Waals surface area (Å²) in [6.07, 6.45) is 0. The van der Waals surface area contributed by atoms with E-state index in [0.29, 0.717) is 31.9 Å². The van der Waals surface area contributed by atoms with Crippen molar-refractivity contribution in [2.24, 2.45) is 0 Å². The van der Waals surface area contributed by atoms with Crippen molar-refractivity contribution < 1.29 is 32.0 Å². The molecule has 2 heterocycles. The van der Waals surface area contributed by atoms with Gasteiger partial charge in [0.15, 0.2) is 11.5 Å². The number of hydrogen-bond acceptors (Lipinski definition) is 5. The smallest absolute Gasteiger partial charge is 0.258 e. The molecule has 10 heteroatoms. The fourth-order valence-electron chi connectivity index (χ4n) is 4.62. The first kappa shape index (κ1) is 25.2. The summed E-state index contributed by atoms with van der Waals surface area (Å²) in [6, 6.07) is 14.6. The molecule has 0 unspecified atom stereocenters. The number of sulfonamides is 1. The summed E-state index contributed by atoms with van der Waals surface area (Å²) in [5.41, 5.74) is 3.18. The molecule has 0 spiro atoms. The maximum atomic E-state index is 14.6. The van der Waals surface area contributed by atoms with Crippen LogP contribution in [-0.4, -0.2) is 51.6 Å². The van der Waals surface area contributed by atoms with Crippen molar-refractivity contribution in [2.45, 2.75) is 25.3 Å². The van der Waals surface area contributed by atoms with Gasteiger partial charge in [-0.05, 0) is 67.4 Å². The van der Waals surface area contributed by atoms with Gasteiger partial charge in [0.05, 0.1) is 36.6 Å². The van der Waals surface area contributed by atoms with Gasteiger partial charge in [-0.1, -0.05) is 12.1 Å². The van der Waals surface area contributed by atoms with Crippen molar-refractivity contribution in [1.29, 1.82) is 0 Å². The van der Waals surface area contributed by atoms with Gasteiger partial charge >= 0.3 is 0 Å². The van der Waals surface area contributed by atoms with Crippen LogP contribution in [0.25, 0.3) is 0 Å². The third-order valence-electron chi connectivity index (χ3n) is 6.99. The highest BCUT2D eigenvalue weighted by molar-refractivity contribution is 7.89. The van der Waals surface area contributed by atoms with Gasteiger partial charge in [0, 0.05) is 11.3 Å². The number of hydrogen-bond donors (Lipinski definition) is 2. The van der Waals surface area contributed by atoms with Crippen LogP contribution in [0.2, 0.25) is 0 Å². The van der Waals surface area contributed by atoms with E-state index in [4.69, 9.17) is 9.47 Å². The first-order valence-corrected chi connectivity index (χ1v) is 13.6. The summed E-state index contributed by atoms with van der Waals surface area (Å²) < 4.78 is 53.5. The Hall–Kier alpha value is -3.47. The van der Waals surface area contributed by atoms with Crippen LogP contribution in [0.1, 0.15) is 27.0 Å². The van der Waals surface area contributed by atoms with Crippen molar-refractivity contribution in [2.75, 3.05) is 38.3 Å².